The largest absolute Gasteiger partial charge is 0.491 e. The molecule has 136 valence electrons. The van der Waals surface area contributed by atoms with Crippen LogP contribution in [-0.2, 0) is 0 Å². The minimum Gasteiger partial charge on any atom is -0.491 e. The molecule has 0 aliphatic carbocycles. The van der Waals surface area contributed by atoms with Crippen LogP contribution in [0.4, 0.5) is 15.2 Å². The van der Waals surface area contributed by atoms with E-state index >= 15 is 0 Å². The number of rotatable bonds is 8. The number of anilines is 2. The van der Waals surface area contributed by atoms with Gasteiger partial charge in [0.1, 0.15) is 18.2 Å². The summed E-state index contributed by atoms with van der Waals surface area (Å²) >= 11 is 8.46. The summed E-state index contributed by atoms with van der Waals surface area (Å²) < 4.78 is 19.8. The molecule has 0 aliphatic rings. The van der Waals surface area contributed by atoms with Crippen LogP contribution in [0.5, 0.6) is 5.75 Å². The Morgan fingerprint density at radius 3 is 2.73 bits per heavy atom. The highest BCUT2D eigenvalue weighted by atomic mass is 35.5. The lowest BCUT2D eigenvalue weighted by molar-refractivity contribution is 0.126. The second-order valence-corrected chi connectivity index (χ2v) is 7.89. The van der Waals surface area contributed by atoms with Crippen LogP contribution < -0.4 is 10.1 Å². The lowest BCUT2D eigenvalue weighted by Crippen LogP contribution is -2.19. The Kier molecular flexibility index (Phi) is 6.67. The molecule has 0 saturated heterocycles. The Morgan fingerprint density at radius 2 is 1.96 bits per heavy atom. The summed E-state index contributed by atoms with van der Waals surface area (Å²) in [5.74, 6) is 0.694. The first-order valence-corrected chi connectivity index (χ1v) is 9.82. The van der Waals surface area contributed by atoms with Gasteiger partial charge in [-0.05, 0) is 36.4 Å². The molecule has 9 heteroatoms. The SMILES string of the molecule is OC(COc1ccc(Cl)cc1)CSc1nnc(Nc2ccccc2F)s1. The molecule has 0 saturated carbocycles. The number of benzene rings is 2. The van der Waals surface area contributed by atoms with E-state index in [2.05, 4.69) is 15.5 Å². The van der Waals surface area contributed by atoms with Gasteiger partial charge in [0.15, 0.2) is 4.34 Å². The Morgan fingerprint density at radius 1 is 1.19 bits per heavy atom. The van der Waals surface area contributed by atoms with E-state index in [0.29, 0.717) is 31.7 Å². The monoisotopic (exact) mass is 411 g/mol. The molecule has 2 aromatic carbocycles. The summed E-state index contributed by atoms with van der Waals surface area (Å²) in [5, 5.41) is 22.0. The first-order chi connectivity index (χ1) is 12.6. The summed E-state index contributed by atoms with van der Waals surface area (Å²) in [4.78, 5) is 0. The summed E-state index contributed by atoms with van der Waals surface area (Å²) in [6.07, 6.45) is -0.664. The molecule has 3 rings (SSSR count). The number of hydrogen-bond donors (Lipinski definition) is 2. The zero-order chi connectivity index (χ0) is 18.4. The minimum atomic E-state index is -0.664. The third kappa shape index (κ3) is 5.57. The summed E-state index contributed by atoms with van der Waals surface area (Å²) in [7, 11) is 0. The van der Waals surface area contributed by atoms with Gasteiger partial charge in [-0.3, -0.25) is 0 Å². The molecule has 0 bridgehead atoms. The normalized spacial score (nSPS) is 12.0. The minimum absolute atomic E-state index is 0.160. The Balaban J connectivity index is 1.45. The molecule has 2 N–H and O–H groups in total. The molecule has 0 amide bonds. The van der Waals surface area contributed by atoms with Crippen molar-refractivity contribution in [3.63, 3.8) is 0 Å². The van der Waals surface area contributed by atoms with Gasteiger partial charge < -0.3 is 15.2 Å². The lowest BCUT2D eigenvalue weighted by Gasteiger charge is -2.11. The molecule has 5 nitrogen and oxygen atoms in total. The molecule has 1 heterocycles. The van der Waals surface area contributed by atoms with Crippen molar-refractivity contribution < 1.29 is 14.2 Å². The highest BCUT2D eigenvalue weighted by Crippen LogP contribution is 2.29. The van der Waals surface area contributed by atoms with Crippen LogP contribution in [-0.4, -0.2) is 33.8 Å². The number of aliphatic hydroxyl groups is 1. The average Bonchev–Trinajstić information content (AvgIpc) is 3.09. The average molecular weight is 412 g/mol. The van der Waals surface area contributed by atoms with Crippen molar-refractivity contribution in [2.24, 2.45) is 0 Å². The van der Waals surface area contributed by atoms with Gasteiger partial charge in [-0.25, -0.2) is 4.39 Å². The molecule has 26 heavy (non-hydrogen) atoms. The molecule has 1 aromatic heterocycles. The molecule has 0 fully saturated rings. The van der Waals surface area contributed by atoms with Crippen molar-refractivity contribution in [2.75, 3.05) is 17.7 Å². The van der Waals surface area contributed by atoms with Gasteiger partial charge in [0.05, 0.1) is 11.8 Å². The number of halogens is 2. The van der Waals surface area contributed by atoms with Gasteiger partial charge in [-0.2, -0.15) is 0 Å². The van der Waals surface area contributed by atoms with E-state index in [0.717, 1.165) is 0 Å². The molecule has 1 atom stereocenters. The van der Waals surface area contributed by atoms with Gasteiger partial charge in [0.25, 0.3) is 0 Å². The van der Waals surface area contributed by atoms with Gasteiger partial charge in [0, 0.05) is 10.8 Å². The van der Waals surface area contributed by atoms with Crippen molar-refractivity contribution in [3.05, 3.63) is 59.4 Å². The van der Waals surface area contributed by atoms with E-state index in [9.17, 15) is 9.50 Å². The van der Waals surface area contributed by atoms with Crippen LogP contribution in [0.15, 0.2) is 52.9 Å². The fourth-order valence-corrected chi connectivity index (χ4v) is 3.76. The second kappa shape index (κ2) is 9.18. The maximum absolute atomic E-state index is 13.6. The van der Waals surface area contributed by atoms with Crippen LogP contribution in [0, 0.1) is 5.82 Å². The van der Waals surface area contributed by atoms with Crippen LogP contribution in [0.25, 0.3) is 0 Å². The van der Waals surface area contributed by atoms with Crippen molar-refractivity contribution in [2.45, 2.75) is 10.4 Å². The van der Waals surface area contributed by atoms with E-state index in [-0.39, 0.29) is 12.4 Å². The lowest BCUT2D eigenvalue weighted by atomic mass is 10.3. The molecular formula is C17H15ClFN3O2S2. The zero-order valence-electron chi connectivity index (χ0n) is 13.4. The van der Waals surface area contributed by atoms with Crippen LogP contribution in [0.2, 0.25) is 5.02 Å². The first-order valence-electron chi connectivity index (χ1n) is 7.64. The third-order valence-electron chi connectivity index (χ3n) is 3.18. The smallest absolute Gasteiger partial charge is 0.210 e. The number of thioether (sulfide) groups is 1. The maximum atomic E-state index is 13.6. The molecule has 0 radical (unpaired) electrons. The zero-order valence-corrected chi connectivity index (χ0v) is 15.8. The predicted octanol–water partition coefficient (Wildman–Crippen LogP) is 4.61. The molecule has 1 unspecified atom stereocenters. The number of para-hydroxylation sites is 1. The fourth-order valence-electron chi connectivity index (χ4n) is 1.94. The maximum Gasteiger partial charge on any atom is 0.210 e. The van der Waals surface area contributed by atoms with Gasteiger partial charge in [-0.15, -0.1) is 10.2 Å². The molecule has 0 aliphatic heterocycles. The van der Waals surface area contributed by atoms with Crippen molar-refractivity contribution in [1.82, 2.24) is 10.2 Å². The predicted molar refractivity (Wildman–Crippen MR) is 103 cm³/mol. The van der Waals surface area contributed by atoms with E-state index < -0.39 is 6.10 Å². The van der Waals surface area contributed by atoms with Crippen LogP contribution in [0.3, 0.4) is 0 Å². The molecule has 0 spiro atoms. The number of aliphatic hydroxyl groups excluding tert-OH is 1. The van der Waals surface area contributed by atoms with E-state index in [1.165, 1.54) is 29.2 Å². The molecular weight excluding hydrogens is 397 g/mol. The number of hydrogen-bond acceptors (Lipinski definition) is 7. The topological polar surface area (TPSA) is 67.3 Å². The van der Waals surface area contributed by atoms with Crippen molar-refractivity contribution >= 4 is 45.5 Å². The summed E-state index contributed by atoms with van der Waals surface area (Å²) in [6, 6.07) is 13.3. The standard InChI is InChI=1S/C17H15ClFN3O2S2/c18-11-5-7-13(8-6-11)24-9-12(23)10-25-17-22-21-16(26-17)20-15-4-2-1-3-14(15)19/h1-8,12,23H,9-10H2,(H,20,21). The van der Waals surface area contributed by atoms with E-state index in [4.69, 9.17) is 16.3 Å². The third-order valence-corrected chi connectivity index (χ3v) is 5.55. The Bertz CT molecular complexity index is 848. The second-order valence-electron chi connectivity index (χ2n) is 5.21. The number of nitrogens with zero attached hydrogens (tertiary/aromatic N) is 2. The summed E-state index contributed by atoms with van der Waals surface area (Å²) in [5.41, 5.74) is 0.344. The number of ether oxygens (including phenoxy) is 1. The van der Waals surface area contributed by atoms with Crippen LogP contribution in [0.1, 0.15) is 0 Å². The first kappa shape index (κ1) is 18.9. The van der Waals surface area contributed by atoms with Gasteiger partial charge >= 0.3 is 0 Å². The molecule has 3 aromatic rings. The Labute approximate surface area is 163 Å². The quantitative estimate of drug-likeness (QED) is 0.528. The highest BCUT2D eigenvalue weighted by Gasteiger charge is 2.11. The van der Waals surface area contributed by atoms with Gasteiger partial charge in [0.2, 0.25) is 5.13 Å². The number of nitrogens with one attached hydrogen (secondary N) is 1. The fraction of sp³-hybridized carbons (Fsp3) is 0.176. The van der Waals surface area contributed by atoms with E-state index in [1.807, 2.05) is 0 Å². The number of aromatic nitrogens is 2. The Hall–Kier alpha value is -1.87. The van der Waals surface area contributed by atoms with E-state index in [1.54, 1.807) is 42.5 Å². The highest BCUT2D eigenvalue weighted by molar-refractivity contribution is 8.01. The van der Waals surface area contributed by atoms with Crippen molar-refractivity contribution in [3.8, 4) is 5.75 Å². The van der Waals surface area contributed by atoms with Crippen LogP contribution >= 0.6 is 34.7 Å². The van der Waals surface area contributed by atoms with Gasteiger partial charge in [-0.1, -0.05) is 46.8 Å². The van der Waals surface area contributed by atoms with Crippen molar-refractivity contribution in [1.29, 1.82) is 0 Å². The summed E-state index contributed by atoms with van der Waals surface area (Å²) in [6.45, 7) is 0.160.